The number of carbonyl (C=O) groups is 1. The van der Waals surface area contributed by atoms with Gasteiger partial charge in [-0.3, -0.25) is 4.79 Å². The molecule has 1 aromatic rings. The second kappa shape index (κ2) is 10.5. The largest absolute Gasteiger partial charge is 0.493 e. The topological polar surface area (TPSA) is 131 Å². The van der Waals surface area contributed by atoms with Crippen molar-refractivity contribution in [1.82, 2.24) is 4.90 Å². The second-order valence-electron chi connectivity index (χ2n) is 5.63. The summed E-state index contributed by atoms with van der Waals surface area (Å²) in [6.45, 7) is -0.896. The molecule has 142 valence electrons. The van der Waals surface area contributed by atoms with Crippen molar-refractivity contribution in [1.29, 1.82) is 0 Å². The Balaban J connectivity index is 2.38. The molecule has 1 rings (SSSR count). The van der Waals surface area contributed by atoms with Gasteiger partial charge in [-0.25, -0.2) is 0 Å². The van der Waals surface area contributed by atoms with Crippen molar-refractivity contribution in [3.63, 3.8) is 0 Å². The highest BCUT2D eigenvalue weighted by Gasteiger charge is 2.31. The van der Waals surface area contributed by atoms with E-state index in [1.54, 1.807) is 24.3 Å². The number of benzene rings is 1. The molecule has 0 aromatic heterocycles. The van der Waals surface area contributed by atoms with Crippen molar-refractivity contribution in [3.8, 4) is 5.75 Å². The molecule has 0 aliphatic heterocycles. The number of likely N-dealkylation sites (N-methyl/N-ethyl adjacent to an activating group) is 1. The molecule has 4 unspecified atom stereocenters. The molecule has 8 nitrogen and oxygen atoms in total. The van der Waals surface area contributed by atoms with E-state index in [2.05, 4.69) is 0 Å². The first-order valence-electron chi connectivity index (χ1n) is 7.71. The number of halogens is 1. The standard InChI is InChI=1S/C16H24ClNO7/c1-18(8-12(20)15(23)16(24)13(21)9-19)14(22)6-7-25-11-4-2-10(17)3-5-11/h2-5,12-13,15-16,19-21,23-24H,6-9H2,1H3. The fourth-order valence-corrected chi connectivity index (χ4v) is 2.16. The predicted octanol–water partition coefficient (Wildman–Crippen LogP) is -0.997. The number of hydrogen-bond donors (Lipinski definition) is 5. The van der Waals surface area contributed by atoms with E-state index in [9.17, 15) is 25.2 Å². The lowest BCUT2D eigenvalue weighted by Crippen LogP contribution is -2.50. The molecule has 0 saturated heterocycles. The quantitative estimate of drug-likeness (QED) is 0.353. The molecule has 0 aliphatic rings. The number of nitrogens with zero attached hydrogens (tertiary/aromatic N) is 1. The number of aliphatic hydroxyl groups is 5. The second-order valence-corrected chi connectivity index (χ2v) is 6.06. The SMILES string of the molecule is CN(CC(O)C(O)C(O)C(O)CO)C(=O)CCOc1ccc(Cl)cc1. The maximum Gasteiger partial charge on any atom is 0.225 e. The lowest BCUT2D eigenvalue weighted by molar-refractivity contribution is -0.138. The normalized spacial score (nSPS) is 16.0. The lowest BCUT2D eigenvalue weighted by atomic mass is 10.0. The Labute approximate surface area is 150 Å². The van der Waals surface area contributed by atoms with E-state index in [0.717, 1.165) is 0 Å². The van der Waals surface area contributed by atoms with E-state index in [0.29, 0.717) is 10.8 Å². The smallest absolute Gasteiger partial charge is 0.225 e. The summed E-state index contributed by atoms with van der Waals surface area (Å²) in [5.74, 6) is 0.230. The van der Waals surface area contributed by atoms with Crippen molar-refractivity contribution in [2.24, 2.45) is 0 Å². The maximum atomic E-state index is 12.0. The average Bonchev–Trinajstić information content (AvgIpc) is 2.61. The van der Waals surface area contributed by atoms with Gasteiger partial charge in [0.1, 0.15) is 30.2 Å². The molecule has 0 saturated carbocycles. The van der Waals surface area contributed by atoms with Crippen LogP contribution in [0.4, 0.5) is 0 Å². The van der Waals surface area contributed by atoms with Crippen molar-refractivity contribution in [2.45, 2.75) is 30.8 Å². The molecule has 0 radical (unpaired) electrons. The van der Waals surface area contributed by atoms with E-state index in [1.165, 1.54) is 11.9 Å². The minimum absolute atomic E-state index is 0.0454. The molecule has 9 heteroatoms. The highest BCUT2D eigenvalue weighted by Crippen LogP contribution is 2.15. The molecule has 0 aliphatic carbocycles. The predicted molar refractivity (Wildman–Crippen MR) is 90.3 cm³/mol. The van der Waals surface area contributed by atoms with Gasteiger partial charge in [-0.15, -0.1) is 0 Å². The van der Waals surface area contributed by atoms with E-state index in [-0.39, 0.29) is 25.5 Å². The van der Waals surface area contributed by atoms with Gasteiger partial charge in [-0.2, -0.15) is 0 Å². The summed E-state index contributed by atoms with van der Waals surface area (Å²) in [5, 5.41) is 47.7. The van der Waals surface area contributed by atoms with Gasteiger partial charge in [-0.05, 0) is 24.3 Å². The van der Waals surface area contributed by atoms with Gasteiger partial charge in [0.15, 0.2) is 0 Å². The van der Waals surface area contributed by atoms with Crippen LogP contribution in [0.3, 0.4) is 0 Å². The van der Waals surface area contributed by atoms with Crippen molar-refractivity contribution < 1.29 is 35.1 Å². The number of amides is 1. The van der Waals surface area contributed by atoms with Gasteiger partial charge < -0.3 is 35.2 Å². The highest BCUT2D eigenvalue weighted by atomic mass is 35.5. The summed E-state index contributed by atoms with van der Waals surface area (Å²) in [7, 11) is 1.43. The molecule has 0 fully saturated rings. The summed E-state index contributed by atoms with van der Waals surface area (Å²) >= 11 is 5.75. The molecule has 0 spiro atoms. The summed E-state index contributed by atoms with van der Waals surface area (Å²) in [6, 6.07) is 6.67. The molecule has 1 aromatic carbocycles. The Morgan fingerprint density at radius 1 is 1.12 bits per heavy atom. The van der Waals surface area contributed by atoms with Crippen LogP contribution in [0.15, 0.2) is 24.3 Å². The third kappa shape index (κ3) is 7.15. The first-order chi connectivity index (χ1) is 11.8. The fraction of sp³-hybridized carbons (Fsp3) is 0.562. The number of carbonyl (C=O) groups excluding carboxylic acids is 1. The number of rotatable bonds is 10. The van der Waals surface area contributed by atoms with Crippen LogP contribution in [0, 0.1) is 0 Å². The zero-order valence-electron chi connectivity index (χ0n) is 13.8. The minimum atomic E-state index is -1.73. The first kappa shape index (κ1) is 21.6. The molecule has 25 heavy (non-hydrogen) atoms. The van der Waals surface area contributed by atoms with Gasteiger partial charge in [0.2, 0.25) is 5.91 Å². The van der Waals surface area contributed by atoms with Crippen LogP contribution in [0.25, 0.3) is 0 Å². The van der Waals surface area contributed by atoms with Gasteiger partial charge >= 0.3 is 0 Å². The minimum Gasteiger partial charge on any atom is -0.493 e. The van der Waals surface area contributed by atoms with Crippen LogP contribution in [0.2, 0.25) is 5.02 Å². The van der Waals surface area contributed by atoms with E-state index in [4.69, 9.17) is 21.4 Å². The van der Waals surface area contributed by atoms with Crippen LogP contribution >= 0.6 is 11.6 Å². The van der Waals surface area contributed by atoms with Gasteiger partial charge in [-0.1, -0.05) is 11.6 Å². The van der Waals surface area contributed by atoms with Crippen LogP contribution in [0.5, 0.6) is 5.75 Å². The Morgan fingerprint density at radius 3 is 2.24 bits per heavy atom. The van der Waals surface area contributed by atoms with Gasteiger partial charge in [0, 0.05) is 18.6 Å². The number of hydrogen-bond acceptors (Lipinski definition) is 7. The van der Waals surface area contributed by atoms with Crippen molar-refractivity contribution in [3.05, 3.63) is 29.3 Å². The number of ether oxygens (including phenoxy) is 1. The average molecular weight is 378 g/mol. The molecule has 0 bridgehead atoms. The zero-order valence-corrected chi connectivity index (χ0v) is 14.6. The van der Waals surface area contributed by atoms with Crippen LogP contribution in [0.1, 0.15) is 6.42 Å². The molecule has 0 heterocycles. The van der Waals surface area contributed by atoms with Crippen LogP contribution in [-0.4, -0.2) is 87.6 Å². The Morgan fingerprint density at radius 2 is 1.68 bits per heavy atom. The van der Waals surface area contributed by atoms with Crippen LogP contribution < -0.4 is 4.74 Å². The third-order valence-corrected chi connectivity index (χ3v) is 3.86. The summed E-state index contributed by atoms with van der Waals surface area (Å²) in [4.78, 5) is 13.2. The Hall–Kier alpha value is -1.42. The summed E-state index contributed by atoms with van der Waals surface area (Å²) < 4.78 is 5.40. The first-order valence-corrected chi connectivity index (χ1v) is 8.09. The van der Waals surface area contributed by atoms with Crippen molar-refractivity contribution in [2.75, 3.05) is 26.8 Å². The van der Waals surface area contributed by atoms with Crippen LogP contribution in [-0.2, 0) is 4.79 Å². The molecule has 1 amide bonds. The Kier molecular flexibility index (Phi) is 9.12. The van der Waals surface area contributed by atoms with E-state index < -0.39 is 31.0 Å². The maximum absolute atomic E-state index is 12.0. The van der Waals surface area contributed by atoms with Gasteiger partial charge in [0.25, 0.3) is 0 Å². The van der Waals surface area contributed by atoms with E-state index >= 15 is 0 Å². The molecular weight excluding hydrogens is 354 g/mol. The monoisotopic (exact) mass is 377 g/mol. The van der Waals surface area contributed by atoms with Gasteiger partial charge in [0.05, 0.1) is 19.6 Å². The summed E-state index contributed by atoms with van der Waals surface area (Å²) in [5.41, 5.74) is 0. The van der Waals surface area contributed by atoms with Crippen molar-refractivity contribution >= 4 is 17.5 Å². The number of aliphatic hydroxyl groups excluding tert-OH is 5. The fourth-order valence-electron chi connectivity index (χ4n) is 2.03. The third-order valence-electron chi connectivity index (χ3n) is 3.61. The van der Waals surface area contributed by atoms with E-state index in [1.807, 2.05) is 0 Å². The highest BCUT2D eigenvalue weighted by molar-refractivity contribution is 6.30. The Bertz CT molecular complexity index is 528. The zero-order chi connectivity index (χ0) is 19.0. The summed E-state index contributed by atoms with van der Waals surface area (Å²) in [6.07, 6.45) is -6.45. The molecule has 4 atom stereocenters. The molecular formula is C16H24ClNO7. The molecule has 5 N–H and O–H groups in total. The lowest BCUT2D eigenvalue weighted by Gasteiger charge is -2.28.